The Hall–Kier alpha value is -1.42. The van der Waals surface area contributed by atoms with E-state index in [1.54, 1.807) is 21.3 Å². The third kappa shape index (κ3) is 6.54. The molecule has 8 heteroatoms. The van der Waals surface area contributed by atoms with Crippen LogP contribution in [-0.2, 0) is 6.54 Å². The van der Waals surface area contributed by atoms with Gasteiger partial charge in [-0.05, 0) is 36.0 Å². The molecule has 0 aromatic heterocycles. The van der Waals surface area contributed by atoms with Crippen LogP contribution in [0, 0.1) is 5.41 Å². The molecule has 1 aromatic carbocycles. The molecule has 1 aromatic rings. The number of methoxy groups -OCH3 is 3. The molecule has 2 aliphatic rings. The van der Waals surface area contributed by atoms with E-state index < -0.39 is 0 Å². The van der Waals surface area contributed by atoms with Crippen LogP contribution in [0.15, 0.2) is 17.1 Å². The van der Waals surface area contributed by atoms with Gasteiger partial charge in [-0.3, -0.25) is 9.89 Å². The van der Waals surface area contributed by atoms with Crippen molar-refractivity contribution in [2.45, 2.75) is 39.2 Å². The number of piperazine rings is 1. The zero-order chi connectivity index (χ0) is 21.6. The first kappa shape index (κ1) is 25.8. The van der Waals surface area contributed by atoms with E-state index in [9.17, 15) is 0 Å². The lowest BCUT2D eigenvalue weighted by atomic mass is 9.89. The quantitative estimate of drug-likeness (QED) is 0.321. The second kappa shape index (κ2) is 12.0. The summed E-state index contributed by atoms with van der Waals surface area (Å²) in [6.45, 7) is 8.21. The Bertz CT molecular complexity index is 705. The fourth-order valence-electron chi connectivity index (χ4n) is 4.63. The van der Waals surface area contributed by atoms with E-state index in [0.29, 0.717) is 22.7 Å². The van der Waals surface area contributed by atoms with Gasteiger partial charge in [0.15, 0.2) is 17.5 Å². The number of aliphatic imine (C=N–C) groups is 1. The van der Waals surface area contributed by atoms with Gasteiger partial charge in [0.2, 0.25) is 5.75 Å². The summed E-state index contributed by atoms with van der Waals surface area (Å²) in [5.74, 6) is 3.08. The molecule has 0 radical (unpaired) electrons. The Morgan fingerprint density at radius 2 is 1.58 bits per heavy atom. The highest BCUT2D eigenvalue weighted by Crippen LogP contribution is 2.38. The molecule has 0 unspecified atom stereocenters. The number of nitrogens with zero attached hydrogens (tertiary/aromatic N) is 3. The fourth-order valence-corrected chi connectivity index (χ4v) is 4.63. The highest BCUT2D eigenvalue weighted by atomic mass is 127. The Labute approximate surface area is 204 Å². The Morgan fingerprint density at radius 3 is 2.06 bits per heavy atom. The maximum absolute atomic E-state index is 5.49. The molecule has 7 nitrogen and oxygen atoms in total. The molecule has 1 heterocycles. The second-order valence-corrected chi connectivity index (χ2v) is 8.72. The van der Waals surface area contributed by atoms with Gasteiger partial charge in [0.05, 0.1) is 21.3 Å². The number of benzene rings is 1. The molecule has 1 N–H and O–H groups in total. The third-order valence-corrected chi connectivity index (χ3v) is 6.50. The summed E-state index contributed by atoms with van der Waals surface area (Å²) in [4.78, 5) is 9.38. The number of rotatable bonds is 7. The number of nitrogens with one attached hydrogen (secondary N) is 1. The van der Waals surface area contributed by atoms with Gasteiger partial charge in [-0.1, -0.05) is 19.8 Å². The summed E-state index contributed by atoms with van der Waals surface area (Å²) in [5, 5.41) is 3.64. The molecule has 176 valence electrons. The monoisotopic (exact) mass is 546 g/mol. The van der Waals surface area contributed by atoms with Crippen LogP contribution >= 0.6 is 24.0 Å². The predicted molar refractivity (Wildman–Crippen MR) is 136 cm³/mol. The molecule has 0 spiro atoms. The largest absolute Gasteiger partial charge is 0.493 e. The summed E-state index contributed by atoms with van der Waals surface area (Å²) < 4.78 is 16.4. The summed E-state index contributed by atoms with van der Waals surface area (Å²) in [6, 6.07) is 4.08. The average Bonchev–Trinajstić information content (AvgIpc) is 3.21. The minimum absolute atomic E-state index is 0. The number of hydrogen-bond acceptors (Lipinski definition) is 5. The Balaban J connectivity index is 0.00000341. The van der Waals surface area contributed by atoms with E-state index >= 15 is 0 Å². The lowest BCUT2D eigenvalue weighted by Crippen LogP contribution is -2.53. The van der Waals surface area contributed by atoms with E-state index in [0.717, 1.165) is 50.8 Å². The molecule has 0 amide bonds. The van der Waals surface area contributed by atoms with Crippen molar-refractivity contribution in [2.75, 3.05) is 61.1 Å². The zero-order valence-corrected chi connectivity index (χ0v) is 22.0. The lowest BCUT2D eigenvalue weighted by Gasteiger charge is -2.37. The van der Waals surface area contributed by atoms with E-state index in [2.05, 4.69) is 27.0 Å². The third-order valence-electron chi connectivity index (χ3n) is 6.50. The van der Waals surface area contributed by atoms with Gasteiger partial charge in [-0.15, -0.1) is 24.0 Å². The van der Waals surface area contributed by atoms with Gasteiger partial charge >= 0.3 is 0 Å². The van der Waals surface area contributed by atoms with Crippen LogP contribution in [0.25, 0.3) is 0 Å². The maximum atomic E-state index is 5.49. The Kier molecular flexibility index (Phi) is 9.99. The van der Waals surface area contributed by atoms with E-state index in [1.807, 2.05) is 19.2 Å². The van der Waals surface area contributed by atoms with Crippen molar-refractivity contribution in [2.24, 2.45) is 10.4 Å². The van der Waals surface area contributed by atoms with Crippen molar-refractivity contribution in [1.29, 1.82) is 0 Å². The fraction of sp³-hybridized carbons (Fsp3) is 0.696. The average molecular weight is 546 g/mol. The van der Waals surface area contributed by atoms with Crippen LogP contribution in [-0.4, -0.2) is 76.9 Å². The number of halogens is 1. The van der Waals surface area contributed by atoms with Crippen molar-refractivity contribution in [3.8, 4) is 17.2 Å². The topological polar surface area (TPSA) is 58.6 Å². The molecular formula is C23H39IN4O3. The molecule has 2 fully saturated rings. The molecule has 0 bridgehead atoms. The van der Waals surface area contributed by atoms with Gasteiger partial charge < -0.3 is 24.4 Å². The van der Waals surface area contributed by atoms with Gasteiger partial charge in [-0.25, -0.2) is 0 Å². The van der Waals surface area contributed by atoms with Crippen LogP contribution in [0.5, 0.6) is 17.2 Å². The van der Waals surface area contributed by atoms with Crippen LogP contribution in [0.3, 0.4) is 0 Å². The van der Waals surface area contributed by atoms with Crippen molar-refractivity contribution in [3.63, 3.8) is 0 Å². The van der Waals surface area contributed by atoms with Crippen molar-refractivity contribution >= 4 is 29.9 Å². The first-order valence-corrected chi connectivity index (χ1v) is 11.0. The van der Waals surface area contributed by atoms with Crippen molar-refractivity contribution in [1.82, 2.24) is 15.1 Å². The molecule has 0 atom stereocenters. The van der Waals surface area contributed by atoms with Gasteiger partial charge in [0.1, 0.15) is 0 Å². The predicted octanol–water partition coefficient (Wildman–Crippen LogP) is 3.60. The minimum Gasteiger partial charge on any atom is -0.493 e. The summed E-state index contributed by atoms with van der Waals surface area (Å²) in [7, 11) is 6.84. The van der Waals surface area contributed by atoms with Crippen LogP contribution < -0.4 is 19.5 Å². The normalized spacial score (nSPS) is 19.0. The van der Waals surface area contributed by atoms with Crippen LogP contribution in [0.2, 0.25) is 0 Å². The number of guanidine groups is 1. The smallest absolute Gasteiger partial charge is 0.203 e. The van der Waals surface area contributed by atoms with Gasteiger partial charge in [0, 0.05) is 46.3 Å². The van der Waals surface area contributed by atoms with E-state index in [-0.39, 0.29) is 24.0 Å². The SMILES string of the molecule is CN=C(NCC1(C)CCCC1)N1CCN(Cc2cc(OC)c(OC)c(OC)c2)CC1.I. The van der Waals surface area contributed by atoms with Crippen molar-refractivity contribution in [3.05, 3.63) is 17.7 Å². The number of ether oxygens (including phenoxy) is 3. The molecule has 31 heavy (non-hydrogen) atoms. The minimum atomic E-state index is 0. The first-order valence-electron chi connectivity index (χ1n) is 11.0. The Morgan fingerprint density at radius 1 is 1.00 bits per heavy atom. The molecule has 1 saturated carbocycles. The second-order valence-electron chi connectivity index (χ2n) is 8.72. The molecule has 1 aliphatic carbocycles. The molecule has 3 rings (SSSR count). The van der Waals surface area contributed by atoms with E-state index in [4.69, 9.17) is 14.2 Å². The van der Waals surface area contributed by atoms with Gasteiger partial charge in [0.25, 0.3) is 0 Å². The van der Waals surface area contributed by atoms with Crippen LogP contribution in [0.1, 0.15) is 38.2 Å². The molecular weight excluding hydrogens is 507 g/mol. The maximum Gasteiger partial charge on any atom is 0.203 e. The summed E-state index contributed by atoms with van der Waals surface area (Å²) >= 11 is 0. The van der Waals surface area contributed by atoms with Crippen LogP contribution in [0.4, 0.5) is 0 Å². The summed E-state index contributed by atoms with van der Waals surface area (Å²) in [6.07, 6.45) is 5.35. The molecule has 1 saturated heterocycles. The zero-order valence-electron chi connectivity index (χ0n) is 19.7. The highest BCUT2D eigenvalue weighted by Gasteiger charge is 2.29. The molecule has 1 aliphatic heterocycles. The summed E-state index contributed by atoms with van der Waals surface area (Å²) in [5.41, 5.74) is 1.58. The first-order chi connectivity index (χ1) is 14.5. The van der Waals surface area contributed by atoms with E-state index in [1.165, 1.54) is 25.7 Å². The van der Waals surface area contributed by atoms with Gasteiger partial charge in [-0.2, -0.15) is 0 Å². The number of hydrogen-bond donors (Lipinski definition) is 1. The van der Waals surface area contributed by atoms with Crippen molar-refractivity contribution < 1.29 is 14.2 Å². The lowest BCUT2D eigenvalue weighted by molar-refractivity contribution is 0.171. The highest BCUT2D eigenvalue weighted by molar-refractivity contribution is 14.0. The standard InChI is InChI=1S/C23H38N4O3.HI/c1-23(8-6-7-9-23)17-25-22(24-2)27-12-10-26(11-13-27)16-18-14-19(28-3)21(30-5)20(15-18)29-4;/h14-15H,6-13,16-17H2,1-5H3,(H,24,25);1H.